The van der Waals surface area contributed by atoms with Crippen molar-refractivity contribution in [3.63, 3.8) is 0 Å². The number of carbonyl (C=O) groups is 1. The van der Waals surface area contributed by atoms with E-state index < -0.39 is 0 Å². The number of hydrogen-bond donors (Lipinski definition) is 1. The minimum absolute atomic E-state index is 0.184. The Hall–Kier alpha value is -1.09. The van der Waals surface area contributed by atoms with Gasteiger partial charge in [-0.15, -0.1) is 0 Å². The molecule has 2 rings (SSSR count). The quantitative estimate of drug-likeness (QED) is 0.741. The molecule has 0 saturated carbocycles. The largest absolute Gasteiger partial charge is 0.381 e. The lowest BCUT2D eigenvalue weighted by Crippen LogP contribution is -2.26. The van der Waals surface area contributed by atoms with Gasteiger partial charge >= 0.3 is 0 Å². The molecule has 0 aromatic carbocycles. The molecule has 3 heteroatoms. The van der Waals surface area contributed by atoms with Crippen LogP contribution in [0.1, 0.15) is 24.9 Å². The van der Waals surface area contributed by atoms with Gasteiger partial charge in [0.05, 0.1) is 6.04 Å². The van der Waals surface area contributed by atoms with Crippen LogP contribution < -0.4 is 5.32 Å². The Morgan fingerprint density at radius 3 is 3.08 bits per heavy atom. The van der Waals surface area contributed by atoms with E-state index in [0.717, 1.165) is 5.70 Å². The van der Waals surface area contributed by atoms with Crippen LogP contribution in [-0.2, 0) is 4.79 Å². The van der Waals surface area contributed by atoms with Gasteiger partial charge in [0.2, 0.25) is 0 Å². The van der Waals surface area contributed by atoms with Crippen LogP contribution in [0.4, 0.5) is 0 Å². The third-order valence-corrected chi connectivity index (χ3v) is 2.83. The number of hydrogen-bond acceptors (Lipinski definition) is 3. The van der Waals surface area contributed by atoms with Gasteiger partial charge in [0.15, 0.2) is 5.78 Å². The summed E-state index contributed by atoms with van der Waals surface area (Å²) in [4.78, 5) is 11.3. The molecule has 1 aromatic heterocycles. The van der Waals surface area contributed by atoms with Crippen LogP contribution in [-0.4, -0.2) is 5.78 Å². The number of ketones is 1. The second-order valence-electron chi connectivity index (χ2n) is 3.25. The van der Waals surface area contributed by atoms with Gasteiger partial charge in [-0.25, -0.2) is 0 Å². The number of carbonyl (C=O) groups excluding carboxylic acids is 1. The summed E-state index contributed by atoms with van der Waals surface area (Å²) in [5.74, 6) is 0.215. The average Bonchev–Trinajstić information content (AvgIpc) is 2.53. The Balaban J connectivity index is 2.20. The predicted octanol–water partition coefficient (Wildman–Crippen LogP) is 2.26. The van der Waals surface area contributed by atoms with E-state index in [4.69, 9.17) is 0 Å². The third kappa shape index (κ3) is 1.80. The van der Waals surface area contributed by atoms with Crippen LogP contribution in [0.15, 0.2) is 28.6 Å². The van der Waals surface area contributed by atoms with Crippen molar-refractivity contribution in [2.45, 2.75) is 19.4 Å². The van der Waals surface area contributed by atoms with Gasteiger partial charge in [-0.3, -0.25) is 4.79 Å². The van der Waals surface area contributed by atoms with Crippen molar-refractivity contribution in [3.8, 4) is 0 Å². The standard InChI is InChI=1S/C10H11NOS/c1-7-4-9(12)5-10(11-7)8-2-3-13-6-8/h2-4,6,10-11H,5H2,1H3. The van der Waals surface area contributed by atoms with E-state index in [1.807, 2.05) is 12.3 Å². The van der Waals surface area contributed by atoms with E-state index in [1.54, 1.807) is 17.4 Å². The lowest BCUT2D eigenvalue weighted by molar-refractivity contribution is -0.115. The molecule has 0 spiro atoms. The van der Waals surface area contributed by atoms with Crippen molar-refractivity contribution in [1.29, 1.82) is 0 Å². The molecule has 0 amide bonds. The first-order valence-corrected chi connectivity index (χ1v) is 5.20. The van der Waals surface area contributed by atoms with E-state index in [0.29, 0.717) is 6.42 Å². The molecule has 2 nitrogen and oxygen atoms in total. The summed E-state index contributed by atoms with van der Waals surface area (Å²) in [6.07, 6.45) is 2.25. The second-order valence-corrected chi connectivity index (χ2v) is 4.03. The molecule has 68 valence electrons. The summed E-state index contributed by atoms with van der Waals surface area (Å²) in [5.41, 5.74) is 2.18. The summed E-state index contributed by atoms with van der Waals surface area (Å²) < 4.78 is 0. The number of allylic oxidation sites excluding steroid dienone is 2. The van der Waals surface area contributed by atoms with Crippen LogP contribution in [0.25, 0.3) is 0 Å². The fraction of sp³-hybridized carbons (Fsp3) is 0.300. The molecule has 0 radical (unpaired) electrons. The van der Waals surface area contributed by atoms with E-state index in [1.165, 1.54) is 5.56 Å². The molecule has 1 aliphatic heterocycles. The normalized spacial score (nSPS) is 22.4. The maximum Gasteiger partial charge on any atom is 0.159 e. The van der Waals surface area contributed by atoms with Crippen LogP contribution in [0, 0.1) is 0 Å². The second kappa shape index (κ2) is 3.34. The zero-order valence-electron chi connectivity index (χ0n) is 7.41. The summed E-state index contributed by atoms with van der Waals surface area (Å²) >= 11 is 1.66. The van der Waals surface area contributed by atoms with Gasteiger partial charge in [-0.2, -0.15) is 11.3 Å². The summed E-state index contributed by atoms with van der Waals surface area (Å²) in [6.45, 7) is 1.93. The van der Waals surface area contributed by atoms with Crippen molar-refractivity contribution < 1.29 is 4.79 Å². The minimum Gasteiger partial charge on any atom is -0.381 e. The lowest BCUT2D eigenvalue weighted by Gasteiger charge is -2.22. The van der Waals surface area contributed by atoms with Crippen molar-refractivity contribution in [3.05, 3.63) is 34.2 Å². The van der Waals surface area contributed by atoms with Gasteiger partial charge in [0.25, 0.3) is 0 Å². The molecule has 1 unspecified atom stereocenters. The average molecular weight is 193 g/mol. The third-order valence-electron chi connectivity index (χ3n) is 2.13. The van der Waals surface area contributed by atoms with Crippen molar-refractivity contribution in [1.82, 2.24) is 5.32 Å². The highest BCUT2D eigenvalue weighted by atomic mass is 32.1. The predicted molar refractivity (Wildman–Crippen MR) is 53.6 cm³/mol. The number of thiophene rings is 1. The smallest absolute Gasteiger partial charge is 0.159 e. The van der Waals surface area contributed by atoms with E-state index in [-0.39, 0.29) is 11.8 Å². The zero-order valence-corrected chi connectivity index (χ0v) is 8.23. The van der Waals surface area contributed by atoms with Crippen molar-refractivity contribution in [2.75, 3.05) is 0 Å². The van der Waals surface area contributed by atoms with Gasteiger partial charge in [0.1, 0.15) is 0 Å². The SMILES string of the molecule is CC1=CC(=O)CC(c2ccsc2)N1. The van der Waals surface area contributed by atoms with E-state index >= 15 is 0 Å². The highest BCUT2D eigenvalue weighted by Crippen LogP contribution is 2.23. The Bertz CT molecular complexity index is 340. The molecule has 13 heavy (non-hydrogen) atoms. The molecule has 1 aliphatic rings. The monoisotopic (exact) mass is 193 g/mol. The molecule has 1 N–H and O–H groups in total. The number of rotatable bonds is 1. The topological polar surface area (TPSA) is 29.1 Å². The maximum atomic E-state index is 11.3. The van der Waals surface area contributed by atoms with Crippen LogP contribution in [0.2, 0.25) is 0 Å². The van der Waals surface area contributed by atoms with Gasteiger partial charge in [0, 0.05) is 12.1 Å². The fourth-order valence-corrected chi connectivity index (χ4v) is 2.26. The molecule has 0 aliphatic carbocycles. The van der Waals surface area contributed by atoms with Crippen LogP contribution in [0.5, 0.6) is 0 Å². The minimum atomic E-state index is 0.184. The Labute approximate surface area is 81.3 Å². The number of nitrogens with one attached hydrogen (secondary N) is 1. The lowest BCUT2D eigenvalue weighted by atomic mass is 10.0. The highest BCUT2D eigenvalue weighted by Gasteiger charge is 2.19. The first-order valence-electron chi connectivity index (χ1n) is 4.25. The van der Waals surface area contributed by atoms with Gasteiger partial charge in [-0.1, -0.05) is 0 Å². The molecule has 0 fully saturated rings. The Morgan fingerprint density at radius 1 is 1.62 bits per heavy atom. The maximum absolute atomic E-state index is 11.3. The zero-order chi connectivity index (χ0) is 9.26. The molecule has 0 bridgehead atoms. The Kier molecular flexibility index (Phi) is 2.19. The summed E-state index contributed by atoms with van der Waals surface area (Å²) in [7, 11) is 0. The fourth-order valence-electron chi connectivity index (χ4n) is 1.54. The van der Waals surface area contributed by atoms with Crippen LogP contribution >= 0.6 is 11.3 Å². The molecule has 1 atom stereocenters. The van der Waals surface area contributed by atoms with Crippen LogP contribution in [0.3, 0.4) is 0 Å². The molecule has 0 saturated heterocycles. The molecule has 2 heterocycles. The molecular formula is C10H11NOS. The summed E-state index contributed by atoms with van der Waals surface area (Å²) in [5, 5.41) is 7.42. The first-order chi connectivity index (χ1) is 6.25. The van der Waals surface area contributed by atoms with Crippen molar-refractivity contribution in [2.24, 2.45) is 0 Å². The first kappa shape index (κ1) is 8.51. The van der Waals surface area contributed by atoms with E-state index in [9.17, 15) is 4.79 Å². The highest BCUT2D eigenvalue weighted by molar-refractivity contribution is 7.07. The van der Waals surface area contributed by atoms with Gasteiger partial charge < -0.3 is 5.32 Å². The Morgan fingerprint density at radius 2 is 2.46 bits per heavy atom. The summed E-state index contributed by atoms with van der Waals surface area (Å²) in [6, 6.07) is 2.25. The molecular weight excluding hydrogens is 182 g/mol. The molecule has 1 aromatic rings. The van der Waals surface area contributed by atoms with Gasteiger partial charge in [-0.05, 0) is 35.4 Å². The van der Waals surface area contributed by atoms with E-state index in [2.05, 4.69) is 16.8 Å². The van der Waals surface area contributed by atoms with Crippen molar-refractivity contribution >= 4 is 17.1 Å².